The Morgan fingerprint density at radius 2 is 1.27 bits per heavy atom. The van der Waals surface area contributed by atoms with Crippen molar-refractivity contribution in [1.29, 1.82) is 0 Å². The number of Topliss-reactive ketones (excluding diaryl/α,β-unsaturated/α-hetero) is 1. The predicted octanol–water partition coefficient (Wildman–Crippen LogP) is -0.226. The summed E-state index contributed by atoms with van der Waals surface area (Å²) in [6.45, 7) is 0. The van der Waals surface area contributed by atoms with Crippen LogP contribution < -0.4 is 39.0 Å². The fourth-order valence-electron chi connectivity index (χ4n) is 1.50. The molecule has 0 radical (unpaired) electrons. The number of benzene rings is 2. The molecule has 0 aliphatic rings. The number of rotatable bonds is 4. The average Bonchev–Trinajstić information content (AvgIpc) is 2.55. The van der Waals surface area contributed by atoms with Crippen LogP contribution in [0.3, 0.4) is 0 Å². The van der Waals surface area contributed by atoms with Gasteiger partial charge in [0.1, 0.15) is 0 Å². The van der Waals surface area contributed by atoms with E-state index in [0.717, 1.165) is 11.5 Å². The number of carbonyl (C=O) groups is 2. The predicted molar refractivity (Wildman–Crippen MR) is 79.1 cm³/mol. The molecule has 0 aliphatic heterocycles. The van der Waals surface area contributed by atoms with Crippen LogP contribution in [0.2, 0.25) is 0 Å². The third kappa shape index (κ3) is 6.30. The van der Waals surface area contributed by atoms with Gasteiger partial charge in [0.05, 0.1) is 14.2 Å². The van der Waals surface area contributed by atoms with Gasteiger partial charge in [-0.3, -0.25) is 4.79 Å². The first kappa shape index (κ1) is 20.2. The van der Waals surface area contributed by atoms with Gasteiger partial charge in [-0.05, 0) is 12.1 Å². The van der Waals surface area contributed by atoms with Gasteiger partial charge in [-0.1, -0.05) is 42.5 Å². The molecule has 0 heterocycles. The molecular formula is C16H17NaO5. The van der Waals surface area contributed by atoms with Gasteiger partial charge < -0.3 is 16.0 Å². The molecule has 112 valence electrons. The molecule has 5 nitrogen and oxygen atoms in total. The second-order valence-electron chi connectivity index (χ2n) is 3.86. The van der Waals surface area contributed by atoms with E-state index in [1.165, 1.54) is 12.1 Å². The summed E-state index contributed by atoms with van der Waals surface area (Å²) in [5.41, 5.74) is 0.208. The van der Waals surface area contributed by atoms with Gasteiger partial charge in [-0.2, -0.15) is 0 Å². The summed E-state index contributed by atoms with van der Waals surface area (Å²) in [6.07, 6.45) is 0. The molecule has 0 unspecified atom stereocenters. The van der Waals surface area contributed by atoms with Crippen LogP contribution in [0.4, 0.5) is 0 Å². The van der Waals surface area contributed by atoms with Gasteiger partial charge >= 0.3 is 35.5 Å². The van der Waals surface area contributed by atoms with Gasteiger partial charge in [-0.25, -0.2) is 4.79 Å². The number of ketones is 1. The molecule has 6 heteroatoms. The minimum atomic E-state index is -1.42. The van der Waals surface area contributed by atoms with Crippen molar-refractivity contribution in [2.24, 2.45) is 0 Å². The maximum atomic E-state index is 10.7. The van der Waals surface area contributed by atoms with Crippen LogP contribution in [-0.2, 0) is 4.79 Å². The molecule has 0 aliphatic carbocycles. The Kier molecular flexibility index (Phi) is 9.95. The normalized spacial score (nSPS) is 8.64. The van der Waals surface area contributed by atoms with Crippen molar-refractivity contribution in [2.75, 3.05) is 14.2 Å². The Morgan fingerprint density at radius 1 is 0.864 bits per heavy atom. The smallest absolute Gasteiger partial charge is 1.00 e. The topological polar surface area (TPSA) is 72.8 Å². The minimum absolute atomic E-state index is 0. The zero-order chi connectivity index (χ0) is 15.7. The van der Waals surface area contributed by atoms with E-state index in [2.05, 4.69) is 0 Å². The maximum absolute atomic E-state index is 10.7. The molecule has 0 saturated carbocycles. The molecule has 2 aromatic rings. The second-order valence-corrected chi connectivity index (χ2v) is 3.86. The zero-order valence-corrected chi connectivity index (χ0v) is 14.8. The standard InChI is InChI=1S/C8H6O3.C8H10O2.Na.H/c9-7(8(10)11)6-4-2-1-3-5-6;1-9-7-5-3-4-6-8(7)10-2;;/h1-5H,(H,10,11);3-6H,1-2H3;;/q;;+1;-1. The van der Waals surface area contributed by atoms with E-state index in [0.29, 0.717) is 0 Å². The summed E-state index contributed by atoms with van der Waals surface area (Å²) in [6, 6.07) is 15.4. The Bertz CT molecular complexity index is 581. The summed E-state index contributed by atoms with van der Waals surface area (Å²) >= 11 is 0. The van der Waals surface area contributed by atoms with Crippen LogP contribution in [0, 0.1) is 0 Å². The second kappa shape index (κ2) is 10.8. The molecule has 0 bridgehead atoms. The molecule has 1 N–H and O–H groups in total. The quantitative estimate of drug-likeness (QED) is 0.480. The minimum Gasteiger partial charge on any atom is -1.00 e. The van der Waals surface area contributed by atoms with Crippen molar-refractivity contribution in [3.63, 3.8) is 0 Å². The number of aliphatic carboxylic acids is 1. The first-order valence-corrected chi connectivity index (χ1v) is 6.09. The molecule has 2 rings (SSSR count). The zero-order valence-electron chi connectivity index (χ0n) is 13.8. The Labute approximate surface area is 152 Å². The van der Waals surface area contributed by atoms with Crippen LogP contribution in [-0.4, -0.2) is 31.1 Å². The fourth-order valence-corrected chi connectivity index (χ4v) is 1.50. The summed E-state index contributed by atoms with van der Waals surface area (Å²) in [4.78, 5) is 20.9. The van der Waals surface area contributed by atoms with Crippen LogP contribution in [0.15, 0.2) is 54.6 Å². The van der Waals surface area contributed by atoms with E-state index in [-0.39, 0.29) is 36.5 Å². The average molecular weight is 312 g/mol. The molecule has 0 saturated heterocycles. The van der Waals surface area contributed by atoms with Crippen LogP contribution in [0.25, 0.3) is 0 Å². The van der Waals surface area contributed by atoms with E-state index in [1.54, 1.807) is 32.4 Å². The van der Waals surface area contributed by atoms with Crippen molar-refractivity contribution >= 4 is 11.8 Å². The number of methoxy groups -OCH3 is 2. The molecule has 22 heavy (non-hydrogen) atoms. The SMILES string of the molecule is COc1ccccc1OC.O=C(O)C(=O)c1ccccc1.[H-].[Na+]. The third-order valence-corrected chi connectivity index (χ3v) is 2.52. The van der Waals surface area contributed by atoms with Crippen molar-refractivity contribution in [1.82, 2.24) is 0 Å². The molecule has 0 atom stereocenters. The molecule has 0 amide bonds. The van der Waals surface area contributed by atoms with Gasteiger partial charge in [0.25, 0.3) is 5.78 Å². The number of hydrogen-bond donors (Lipinski definition) is 1. The van der Waals surface area contributed by atoms with Gasteiger partial charge in [0.15, 0.2) is 11.5 Å². The summed E-state index contributed by atoms with van der Waals surface area (Å²) in [5, 5.41) is 8.29. The number of carboxylic acid groups (broad SMARTS) is 1. The first-order valence-electron chi connectivity index (χ1n) is 6.09. The number of hydrogen-bond acceptors (Lipinski definition) is 4. The monoisotopic (exact) mass is 312 g/mol. The Hall–Kier alpha value is -1.82. The van der Waals surface area contributed by atoms with Crippen LogP contribution >= 0.6 is 0 Å². The van der Waals surface area contributed by atoms with Crippen molar-refractivity contribution in [2.45, 2.75) is 0 Å². The van der Waals surface area contributed by atoms with Crippen molar-refractivity contribution in [3.05, 3.63) is 60.2 Å². The fraction of sp³-hybridized carbons (Fsp3) is 0.125. The molecule has 0 spiro atoms. The van der Waals surface area contributed by atoms with Crippen LogP contribution in [0.1, 0.15) is 11.8 Å². The van der Waals surface area contributed by atoms with Crippen molar-refractivity contribution < 1.29 is 55.2 Å². The number of carbonyl (C=O) groups excluding carboxylic acids is 1. The molecule has 0 fully saturated rings. The van der Waals surface area contributed by atoms with Gasteiger partial charge in [0, 0.05) is 5.56 Å². The molecule has 0 aromatic heterocycles. The van der Waals surface area contributed by atoms with E-state index < -0.39 is 11.8 Å². The number of ether oxygens (including phenoxy) is 2. The third-order valence-electron chi connectivity index (χ3n) is 2.52. The summed E-state index contributed by atoms with van der Waals surface area (Å²) < 4.78 is 10.0. The number of para-hydroxylation sites is 2. The van der Waals surface area contributed by atoms with Gasteiger partial charge in [-0.15, -0.1) is 0 Å². The van der Waals surface area contributed by atoms with Gasteiger partial charge in [0.2, 0.25) is 0 Å². The van der Waals surface area contributed by atoms with Crippen LogP contribution in [0.5, 0.6) is 11.5 Å². The van der Waals surface area contributed by atoms with E-state index in [1.807, 2.05) is 24.3 Å². The summed E-state index contributed by atoms with van der Waals surface area (Å²) in [5.74, 6) is -0.753. The Balaban J connectivity index is 0. The van der Waals surface area contributed by atoms with E-state index in [9.17, 15) is 9.59 Å². The van der Waals surface area contributed by atoms with Crippen molar-refractivity contribution in [3.8, 4) is 11.5 Å². The molecular weight excluding hydrogens is 295 g/mol. The maximum Gasteiger partial charge on any atom is 1.00 e. The number of carboxylic acids is 1. The summed E-state index contributed by atoms with van der Waals surface area (Å²) in [7, 11) is 3.25. The van der Waals surface area contributed by atoms with E-state index >= 15 is 0 Å². The molecule has 2 aromatic carbocycles. The largest absolute Gasteiger partial charge is 1.00 e. The first-order chi connectivity index (χ1) is 10.1. The van der Waals surface area contributed by atoms with E-state index in [4.69, 9.17) is 14.6 Å². The Morgan fingerprint density at radius 3 is 1.64 bits per heavy atom.